The molecule has 0 aliphatic heterocycles. The van der Waals surface area contributed by atoms with Crippen LogP contribution in [-0.2, 0) is 24.2 Å². The van der Waals surface area contributed by atoms with E-state index in [1.54, 1.807) is 7.11 Å². The number of imidazole rings is 1. The molecule has 4 rings (SSSR count). The van der Waals surface area contributed by atoms with Gasteiger partial charge < -0.3 is 24.1 Å². The molecule has 1 N–H and O–H groups in total. The van der Waals surface area contributed by atoms with Crippen molar-refractivity contribution in [2.75, 3.05) is 26.9 Å². The third-order valence-corrected chi connectivity index (χ3v) is 6.43. The second kappa shape index (κ2) is 14.6. The minimum absolute atomic E-state index is 0.0287. The van der Waals surface area contributed by atoms with Crippen LogP contribution in [-0.4, -0.2) is 42.3 Å². The molecule has 1 aromatic heterocycles. The lowest BCUT2D eigenvalue weighted by Gasteiger charge is -2.14. The number of fused-ring (bicyclic) bond motifs is 1. The van der Waals surface area contributed by atoms with Gasteiger partial charge in [0.15, 0.2) is 18.1 Å². The van der Waals surface area contributed by atoms with Crippen LogP contribution in [0, 0.1) is 0 Å². The average Bonchev–Trinajstić information content (AvgIpc) is 3.32. The third kappa shape index (κ3) is 8.11. The van der Waals surface area contributed by atoms with E-state index >= 15 is 0 Å². The lowest BCUT2D eigenvalue weighted by Crippen LogP contribution is -2.29. The number of carbonyl (C=O) groups excluding carboxylic acids is 1. The summed E-state index contributed by atoms with van der Waals surface area (Å²) in [5, 5.41) is 2.93. The number of unbranched alkanes of at least 4 members (excludes halogenated alkanes) is 2. The largest absolute Gasteiger partial charge is 0.493 e. The quantitative estimate of drug-likeness (QED) is 0.148. The van der Waals surface area contributed by atoms with E-state index in [0.717, 1.165) is 66.0 Å². The number of rotatable bonds is 16. The number of nitrogens with one attached hydrogen (secondary N) is 1. The summed E-state index contributed by atoms with van der Waals surface area (Å²) < 4.78 is 19.4. The molecule has 4 aromatic rings. The molecule has 0 aliphatic carbocycles. The summed E-state index contributed by atoms with van der Waals surface area (Å²) in [5.74, 6) is 3.10. The Morgan fingerprint density at radius 2 is 1.79 bits per heavy atom. The van der Waals surface area contributed by atoms with Gasteiger partial charge >= 0.3 is 0 Å². The standard InChI is InChI=1S/C32H37N3O4/c1-3-12-25-18-19-29(30(23-25)37-2)38-22-21-35-28-16-10-9-15-27(28)34-31(35)17-8-5-11-20-33-32(36)24-39-26-13-6-4-7-14-26/h3-4,6-7,9-10,13-16,18-19,23H,1,5,8,11-12,17,20-22,24H2,2H3,(H,33,36). The zero-order valence-electron chi connectivity index (χ0n) is 22.6. The minimum atomic E-state index is -0.104. The van der Waals surface area contributed by atoms with E-state index in [4.69, 9.17) is 19.2 Å². The topological polar surface area (TPSA) is 74.6 Å². The zero-order valence-corrected chi connectivity index (χ0v) is 22.6. The molecule has 0 saturated heterocycles. The Morgan fingerprint density at radius 3 is 2.62 bits per heavy atom. The molecule has 1 amide bonds. The third-order valence-electron chi connectivity index (χ3n) is 6.43. The fourth-order valence-electron chi connectivity index (χ4n) is 4.47. The molecular formula is C32H37N3O4. The molecule has 7 heteroatoms. The number of para-hydroxylation sites is 3. The number of benzene rings is 3. The maximum Gasteiger partial charge on any atom is 0.257 e. The Bertz CT molecular complexity index is 1350. The fraction of sp³-hybridized carbons (Fsp3) is 0.312. The van der Waals surface area contributed by atoms with E-state index in [9.17, 15) is 4.79 Å². The summed E-state index contributed by atoms with van der Waals surface area (Å²) in [5.41, 5.74) is 3.23. The van der Waals surface area contributed by atoms with Gasteiger partial charge in [-0.1, -0.05) is 48.9 Å². The highest BCUT2D eigenvalue weighted by atomic mass is 16.5. The molecule has 39 heavy (non-hydrogen) atoms. The lowest BCUT2D eigenvalue weighted by molar-refractivity contribution is -0.123. The van der Waals surface area contributed by atoms with Gasteiger partial charge in [-0.05, 0) is 61.2 Å². The van der Waals surface area contributed by atoms with E-state index in [-0.39, 0.29) is 12.5 Å². The maximum atomic E-state index is 12.0. The number of hydrogen-bond donors (Lipinski definition) is 1. The number of carbonyl (C=O) groups is 1. The monoisotopic (exact) mass is 527 g/mol. The van der Waals surface area contributed by atoms with Gasteiger partial charge in [0, 0.05) is 13.0 Å². The molecular weight excluding hydrogens is 490 g/mol. The van der Waals surface area contributed by atoms with Crippen LogP contribution < -0.4 is 19.5 Å². The summed E-state index contributed by atoms with van der Waals surface area (Å²) >= 11 is 0. The Balaban J connectivity index is 1.24. The summed E-state index contributed by atoms with van der Waals surface area (Å²) in [7, 11) is 1.66. The summed E-state index contributed by atoms with van der Waals surface area (Å²) in [6.07, 6.45) is 6.41. The van der Waals surface area contributed by atoms with Crippen LogP contribution >= 0.6 is 0 Å². The second-order valence-corrected chi connectivity index (χ2v) is 9.26. The van der Waals surface area contributed by atoms with Crippen molar-refractivity contribution in [2.45, 2.75) is 38.6 Å². The first-order valence-corrected chi connectivity index (χ1v) is 13.5. The van der Waals surface area contributed by atoms with E-state index < -0.39 is 0 Å². The van der Waals surface area contributed by atoms with Crippen LogP contribution in [0.4, 0.5) is 0 Å². The molecule has 0 radical (unpaired) electrons. The van der Waals surface area contributed by atoms with E-state index in [0.29, 0.717) is 25.4 Å². The molecule has 204 valence electrons. The highest BCUT2D eigenvalue weighted by Gasteiger charge is 2.12. The number of amides is 1. The van der Waals surface area contributed by atoms with Gasteiger partial charge in [-0.2, -0.15) is 0 Å². The number of methoxy groups -OCH3 is 1. The van der Waals surface area contributed by atoms with Crippen molar-refractivity contribution in [3.05, 3.63) is 96.8 Å². The van der Waals surface area contributed by atoms with E-state index in [1.165, 1.54) is 0 Å². The van der Waals surface area contributed by atoms with Gasteiger partial charge in [0.05, 0.1) is 24.7 Å². The molecule has 0 spiro atoms. The van der Waals surface area contributed by atoms with Crippen LogP contribution in [0.5, 0.6) is 17.2 Å². The highest BCUT2D eigenvalue weighted by molar-refractivity contribution is 5.77. The fourth-order valence-corrected chi connectivity index (χ4v) is 4.47. The Labute approximate surface area is 230 Å². The van der Waals surface area contributed by atoms with Crippen molar-refractivity contribution in [1.82, 2.24) is 14.9 Å². The van der Waals surface area contributed by atoms with Gasteiger partial charge in [0.25, 0.3) is 5.91 Å². The van der Waals surface area contributed by atoms with E-state index in [2.05, 4.69) is 22.5 Å². The van der Waals surface area contributed by atoms with Crippen LogP contribution in [0.2, 0.25) is 0 Å². The van der Waals surface area contributed by atoms with Gasteiger partial charge in [0.1, 0.15) is 18.2 Å². The van der Waals surface area contributed by atoms with Crippen molar-refractivity contribution in [2.24, 2.45) is 0 Å². The van der Waals surface area contributed by atoms with Crippen molar-refractivity contribution in [1.29, 1.82) is 0 Å². The first-order chi connectivity index (χ1) is 19.2. The SMILES string of the molecule is C=CCc1ccc(OCCn2c(CCCCCNC(=O)COc3ccccc3)nc3ccccc32)c(OC)c1. The number of hydrogen-bond acceptors (Lipinski definition) is 5. The smallest absolute Gasteiger partial charge is 0.257 e. The maximum absolute atomic E-state index is 12.0. The molecule has 0 fully saturated rings. The van der Waals surface area contributed by atoms with Crippen LogP contribution in [0.25, 0.3) is 11.0 Å². The molecule has 0 bridgehead atoms. The van der Waals surface area contributed by atoms with Gasteiger partial charge in [-0.15, -0.1) is 6.58 Å². The zero-order chi connectivity index (χ0) is 27.3. The summed E-state index contributed by atoms with van der Waals surface area (Å²) in [6, 6.07) is 23.5. The molecule has 0 saturated carbocycles. The Morgan fingerprint density at radius 1 is 0.974 bits per heavy atom. The molecule has 0 unspecified atom stereocenters. The molecule has 0 atom stereocenters. The predicted octanol–water partition coefficient (Wildman–Crippen LogP) is 5.76. The average molecular weight is 528 g/mol. The molecule has 1 heterocycles. The predicted molar refractivity (Wildman–Crippen MR) is 155 cm³/mol. The number of ether oxygens (including phenoxy) is 3. The van der Waals surface area contributed by atoms with Crippen LogP contribution in [0.3, 0.4) is 0 Å². The van der Waals surface area contributed by atoms with Crippen LogP contribution in [0.1, 0.15) is 30.7 Å². The van der Waals surface area contributed by atoms with Gasteiger partial charge in [0.2, 0.25) is 0 Å². The first kappa shape index (κ1) is 27.8. The van der Waals surface area contributed by atoms with Gasteiger partial charge in [-0.25, -0.2) is 4.98 Å². The normalized spacial score (nSPS) is 10.8. The summed E-state index contributed by atoms with van der Waals surface area (Å²) in [6.45, 7) is 5.65. The van der Waals surface area contributed by atoms with Crippen molar-refractivity contribution in [3.63, 3.8) is 0 Å². The van der Waals surface area contributed by atoms with E-state index in [1.807, 2.05) is 72.8 Å². The number of aromatic nitrogens is 2. The number of allylic oxidation sites excluding steroid dienone is 1. The van der Waals surface area contributed by atoms with Gasteiger partial charge in [-0.3, -0.25) is 4.79 Å². The minimum Gasteiger partial charge on any atom is -0.493 e. The van der Waals surface area contributed by atoms with Crippen LogP contribution in [0.15, 0.2) is 85.5 Å². The highest BCUT2D eigenvalue weighted by Crippen LogP contribution is 2.28. The second-order valence-electron chi connectivity index (χ2n) is 9.26. The molecule has 7 nitrogen and oxygen atoms in total. The molecule has 3 aromatic carbocycles. The Kier molecular flexibility index (Phi) is 10.4. The van der Waals surface area contributed by atoms with Crippen molar-refractivity contribution < 1.29 is 19.0 Å². The summed E-state index contributed by atoms with van der Waals surface area (Å²) in [4.78, 5) is 16.9. The van der Waals surface area contributed by atoms with Crippen molar-refractivity contribution in [3.8, 4) is 17.2 Å². The Hall–Kier alpha value is -4.26. The number of aryl methyl sites for hydroxylation is 1. The number of nitrogens with zero attached hydrogens (tertiary/aromatic N) is 2. The first-order valence-electron chi connectivity index (χ1n) is 13.5. The molecule has 0 aliphatic rings. The lowest BCUT2D eigenvalue weighted by atomic mass is 10.1. The van der Waals surface area contributed by atoms with Crippen molar-refractivity contribution >= 4 is 16.9 Å².